The molecule has 4 nitrogen and oxygen atoms in total. The van der Waals surface area contributed by atoms with Crippen molar-refractivity contribution in [1.82, 2.24) is 4.98 Å². The molecule has 6 heteroatoms. The SMILES string of the molecule is [2H]c1c([2H])c([2H])c(N(c2cc3c4c(n2)N(c2c([2H])c([2H])c(C(C)(C)C)c([2H])c2[2H])c2c([2H])c([2H])c(C(C)(C)C)c([2H])c2B4c2sc4c([2H])c([2H])c(C(C)(C)C)c([2H])c4c2N3c2c([2H])c([2H])c3c(c2[2H])C(C)(C)CCC3(C)C)c2c([2H])c([2H])c([2H])c([2H])c2[2H])c([2H])c1[2H]. The van der Waals surface area contributed by atoms with Crippen LogP contribution in [0.25, 0.3) is 10.1 Å². The molecular weight excluding hydrogens is 856 g/mol. The van der Waals surface area contributed by atoms with Gasteiger partial charge in [-0.05, 0) is 145 Å². The molecule has 0 bridgehead atoms. The highest BCUT2D eigenvalue weighted by molar-refractivity contribution is 7.33. The normalized spacial score (nSPS) is 20.6. The summed E-state index contributed by atoms with van der Waals surface area (Å²) in [5, 5.41) is 0.0179. The Balaban J connectivity index is 1.51. The second-order valence-electron chi connectivity index (χ2n) is 22.6. The zero-order valence-corrected chi connectivity index (χ0v) is 42.1. The van der Waals surface area contributed by atoms with Gasteiger partial charge in [-0.15, -0.1) is 11.3 Å². The summed E-state index contributed by atoms with van der Waals surface area (Å²) in [5.74, 6) is -1.11. The summed E-state index contributed by atoms with van der Waals surface area (Å²) in [7, 11) is 0. The molecule has 0 spiro atoms. The molecule has 0 saturated carbocycles. The third-order valence-electron chi connectivity index (χ3n) is 13.5. The molecule has 0 atom stereocenters. The van der Waals surface area contributed by atoms with Gasteiger partial charge in [0.15, 0.2) is 0 Å². The van der Waals surface area contributed by atoms with Crippen molar-refractivity contribution < 1.29 is 31.5 Å². The number of hydrogen-bond donors (Lipinski definition) is 0. The molecule has 0 saturated heterocycles. The van der Waals surface area contributed by atoms with Gasteiger partial charge in [0.2, 0.25) is 0 Å². The van der Waals surface area contributed by atoms with Gasteiger partial charge in [-0.2, -0.15) is 0 Å². The van der Waals surface area contributed by atoms with Crippen molar-refractivity contribution in [2.24, 2.45) is 0 Å². The Morgan fingerprint density at radius 1 is 0.580 bits per heavy atom. The number of pyridine rings is 1. The summed E-state index contributed by atoms with van der Waals surface area (Å²) in [6, 6.07) is -13.8. The van der Waals surface area contributed by atoms with E-state index in [4.69, 9.17) is 13.2 Å². The Hall–Kier alpha value is -6.11. The van der Waals surface area contributed by atoms with E-state index >= 15 is 0 Å². The quantitative estimate of drug-likeness (QED) is 0.160. The fourth-order valence-electron chi connectivity index (χ4n) is 9.47. The van der Waals surface area contributed by atoms with Crippen molar-refractivity contribution in [2.75, 3.05) is 14.7 Å². The van der Waals surface area contributed by atoms with E-state index in [1.165, 1.54) is 11.0 Å². The third kappa shape index (κ3) is 7.51. The molecule has 3 aliphatic rings. The van der Waals surface area contributed by atoms with Crippen LogP contribution in [0.5, 0.6) is 0 Å². The molecule has 0 unspecified atom stereocenters. The zero-order chi connectivity index (χ0) is 68.6. The summed E-state index contributed by atoms with van der Waals surface area (Å²) < 4.78 is 224. The standard InChI is InChI=1S/C63H67BN4S/c1-59(2,3)40-24-28-45(29-25-40)68-51-32-26-42(61(7,8)9)37-50(51)64-55-52(39-54(65-58(55)68)66(43-20-16-14-17-21-43)44-22-18-15-19-23-44)67(46-30-31-48-49(38-46)63(12,13)35-34-62(48,10)11)56-47-36-41(60(4,5)6)27-33-53(47)69-57(56)64/h14-33,36-39H,34-35H2,1-13H3/i14D,15D,16D,17D,18D,19D,20D,21D,22D,23D,24D,25D,26D,27D,28D,29D,30D,31D,32D,33D,36D,37D,38D. The number of fused-ring (bicyclic) bond motifs is 7. The Morgan fingerprint density at radius 3 is 1.74 bits per heavy atom. The van der Waals surface area contributed by atoms with Gasteiger partial charge in [-0.3, -0.25) is 9.80 Å². The number of para-hydroxylation sites is 2. The molecule has 348 valence electrons. The molecule has 8 aromatic rings. The zero-order valence-electron chi connectivity index (χ0n) is 64.3. The Kier molecular flexibility index (Phi) is 5.96. The van der Waals surface area contributed by atoms with Crippen LogP contribution in [0, 0.1) is 0 Å². The molecule has 0 N–H and O–H groups in total. The largest absolute Gasteiger partial charge is 0.310 e. The average Bonchev–Trinajstić information content (AvgIpc) is 1.21. The van der Waals surface area contributed by atoms with Gasteiger partial charge in [-0.1, -0.05) is 163 Å². The fraction of sp³-hybridized carbons (Fsp3) is 0.317. The molecule has 1 aliphatic carbocycles. The first kappa shape index (κ1) is 26.2. The second-order valence-corrected chi connectivity index (χ2v) is 23.7. The van der Waals surface area contributed by atoms with Crippen molar-refractivity contribution in [1.29, 1.82) is 0 Å². The van der Waals surface area contributed by atoms with Gasteiger partial charge >= 0.3 is 0 Å². The number of benzene rings is 6. The van der Waals surface area contributed by atoms with Crippen molar-refractivity contribution in [3.8, 4) is 0 Å². The number of rotatable bonds is 5. The van der Waals surface area contributed by atoms with Crippen molar-refractivity contribution in [3.63, 3.8) is 0 Å². The molecule has 6 aromatic carbocycles. The maximum atomic E-state index is 10.7. The Bertz CT molecular complexity index is 4520. The number of hydrogen-bond acceptors (Lipinski definition) is 5. The summed E-state index contributed by atoms with van der Waals surface area (Å²) in [6.45, 7) is 21.9. The van der Waals surface area contributed by atoms with Crippen LogP contribution >= 0.6 is 11.3 Å². The maximum absolute atomic E-state index is 10.7. The number of nitrogens with zero attached hydrogens (tertiary/aromatic N) is 4. The van der Waals surface area contributed by atoms with Crippen LogP contribution in [0.4, 0.5) is 51.4 Å². The van der Waals surface area contributed by atoms with E-state index in [1.807, 2.05) is 27.7 Å². The summed E-state index contributed by atoms with van der Waals surface area (Å²) in [6.07, 6.45) is 1.08. The van der Waals surface area contributed by atoms with Gasteiger partial charge < -0.3 is 4.90 Å². The number of aromatic nitrogens is 1. The van der Waals surface area contributed by atoms with E-state index in [0.717, 1.165) is 21.1 Å². The molecule has 2 aliphatic heterocycles. The first-order chi connectivity index (χ1) is 42.2. The predicted molar refractivity (Wildman–Crippen MR) is 300 cm³/mol. The lowest BCUT2D eigenvalue weighted by atomic mass is 9.36. The lowest BCUT2D eigenvalue weighted by Crippen LogP contribution is -2.61. The second kappa shape index (κ2) is 15.7. The van der Waals surface area contributed by atoms with E-state index < -0.39 is 165 Å². The Labute approximate surface area is 448 Å². The van der Waals surface area contributed by atoms with Crippen LogP contribution < -0.4 is 30.4 Å². The summed E-state index contributed by atoms with van der Waals surface area (Å²) in [4.78, 5) is 8.57. The molecule has 2 aromatic heterocycles. The van der Waals surface area contributed by atoms with Crippen molar-refractivity contribution in [3.05, 3.63) is 173 Å². The van der Waals surface area contributed by atoms with Crippen LogP contribution in [0.15, 0.2) is 145 Å². The van der Waals surface area contributed by atoms with Crippen LogP contribution in [0.1, 0.15) is 162 Å². The number of thiophene rings is 1. The average molecular weight is 946 g/mol. The fourth-order valence-corrected chi connectivity index (χ4v) is 10.7. The van der Waals surface area contributed by atoms with Crippen LogP contribution in [0.2, 0.25) is 0 Å². The highest BCUT2D eigenvalue weighted by Gasteiger charge is 2.48. The summed E-state index contributed by atoms with van der Waals surface area (Å²) >= 11 is 0.947. The highest BCUT2D eigenvalue weighted by atomic mass is 32.1. The lowest BCUT2D eigenvalue weighted by Gasteiger charge is -2.45. The maximum Gasteiger partial charge on any atom is 0.266 e. The Morgan fingerprint density at radius 2 is 1.13 bits per heavy atom. The molecule has 0 fully saturated rings. The molecule has 69 heavy (non-hydrogen) atoms. The predicted octanol–water partition coefficient (Wildman–Crippen LogP) is 16.1. The van der Waals surface area contributed by atoms with Gasteiger partial charge in [0.25, 0.3) is 6.71 Å². The van der Waals surface area contributed by atoms with Gasteiger partial charge in [0.1, 0.15) is 11.6 Å². The topological polar surface area (TPSA) is 22.6 Å². The van der Waals surface area contributed by atoms with Gasteiger partial charge in [-0.25, -0.2) is 4.98 Å². The minimum Gasteiger partial charge on any atom is -0.310 e. The molecule has 0 radical (unpaired) electrons. The van der Waals surface area contributed by atoms with E-state index in [0.29, 0.717) is 24.0 Å². The van der Waals surface area contributed by atoms with Gasteiger partial charge in [0.05, 0.1) is 37.2 Å². The molecule has 4 heterocycles. The lowest BCUT2D eigenvalue weighted by molar-refractivity contribution is 0.332. The highest BCUT2D eigenvalue weighted by Crippen LogP contribution is 2.53. The van der Waals surface area contributed by atoms with Gasteiger partial charge in [0, 0.05) is 55.1 Å². The van der Waals surface area contributed by atoms with Crippen molar-refractivity contribution >= 4 is 95.3 Å². The van der Waals surface area contributed by atoms with Crippen LogP contribution in [-0.2, 0) is 27.1 Å². The molecule has 0 amide bonds. The van der Waals surface area contributed by atoms with Crippen LogP contribution in [0.3, 0.4) is 0 Å². The molecular formula is C63H67BN4S. The van der Waals surface area contributed by atoms with E-state index in [9.17, 15) is 23.3 Å². The van der Waals surface area contributed by atoms with E-state index in [1.54, 1.807) is 62.3 Å². The summed E-state index contributed by atoms with van der Waals surface area (Å²) in [5.41, 5.74) is -6.93. The number of anilines is 9. The first-order valence-corrected chi connectivity index (χ1v) is 24.1. The van der Waals surface area contributed by atoms with E-state index in [2.05, 4.69) is 0 Å². The first-order valence-electron chi connectivity index (χ1n) is 34.8. The van der Waals surface area contributed by atoms with E-state index in [-0.39, 0.29) is 101 Å². The van der Waals surface area contributed by atoms with Crippen molar-refractivity contribution in [2.45, 2.75) is 130 Å². The molecule has 11 rings (SSSR count). The minimum atomic E-state index is -1.47. The third-order valence-corrected chi connectivity index (χ3v) is 14.7. The monoisotopic (exact) mass is 946 g/mol. The smallest absolute Gasteiger partial charge is 0.266 e. The van der Waals surface area contributed by atoms with Crippen LogP contribution in [-0.4, -0.2) is 11.7 Å². The minimum absolute atomic E-state index is 0.00244.